The lowest BCUT2D eigenvalue weighted by atomic mass is 10.1. The Morgan fingerprint density at radius 3 is 2.61 bits per heavy atom. The van der Waals surface area contributed by atoms with Crippen molar-refractivity contribution < 1.29 is 13.2 Å². The van der Waals surface area contributed by atoms with Gasteiger partial charge in [0.2, 0.25) is 15.9 Å². The van der Waals surface area contributed by atoms with Crippen molar-refractivity contribution in [2.24, 2.45) is 0 Å². The number of rotatable bonds is 5. The smallest absolute Gasteiger partial charge is 0.241 e. The number of hydrogen-bond acceptors (Lipinski definition) is 5. The highest BCUT2D eigenvalue weighted by Gasteiger charge is 2.16. The molecule has 1 amide bonds. The van der Waals surface area contributed by atoms with Crippen LogP contribution < -0.4 is 5.32 Å². The van der Waals surface area contributed by atoms with Gasteiger partial charge in [0.1, 0.15) is 0 Å². The number of aryl methyl sites for hydroxylation is 2. The summed E-state index contributed by atoms with van der Waals surface area (Å²) in [5.74, 6) is -0.418. The number of thiazole rings is 1. The predicted molar refractivity (Wildman–Crippen MR) is 93.1 cm³/mol. The zero-order valence-electron chi connectivity index (χ0n) is 13.5. The highest BCUT2D eigenvalue weighted by molar-refractivity contribution is 7.88. The van der Waals surface area contributed by atoms with E-state index in [0.29, 0.717) is 5.13 Å². The van der Waals surface area contributed by atoms with Crippen LogP contribution in [-0.4, -0.2) is 43.5 Å². The number of nitrogens with one attached hydrogen (secondary N) is 1. The fourth-order valence-electron chi connectivity index (χ4n) is 1.84. The number of benzene rings is 1. The molecular weight excluding hydrogens is 334 g/mol. The van der Waals surface area contributed by atoms with Gasteiger partial charge in [0.25, 0.3) is 0 Å². The van der Waals surface area contributed by atoms with Crippen LogP contribution in [0.2, 0.25) is 0 Å². The lowest BCUT2D eigenvalue weighted by Crippen LogP contribution is -2.34. The van der Waals surface area contributed by atoms with Crippen molar-refractivity contribution in [3.8, 4) is 11.3 Å². The quantitative estimate of drug-likeness (QED) is 0.894. The minimum Gasteiger partial charge on any atom is -0.301 e. The molecule has 0 aliphatic carbocycles. The number of sulfonamides is 1. The maximum absolute atomic E-state index is 11.9. The van der Waals surface area contributed by atoms with E-state index in [1.807, 2.05) is 37.4 Å². The molecule has 2 aromatic rings. The fraction of sp³-hybridized carbons (Fsp3) is 0.333. The molecule has 6 nitrogen and oxygen atoms in total. The van der Waals surface area contributed by atoms with E-state index in [9.17, 15) is 13.2 Å². The number of nitrogens with zero attached hydrogens (tertiary/aromatic N) is 2. The van der Waals surface area contributed by atoms with Crippen LogP contribution in [0.4, 0.5) is 5.13 Å². The molecule has 0 fully saturated rings. The van der Waals surface area contributed by atoms with Crippen LogP contribution in [0.25, 0.3) is 11.3 Å². The Bertz CT molecular complexity index is 828. The lowest BCUT2D eigenvalue weighted by molar-refractivity contribution is -0.116. The molecule has 0 radical (unpaired) electrons. The number of carbonyl (C=O) groups is 1. The number of amides is 1. The second-order valence-corrected chi connectivity index (χ2v) is 8.35. The van der Waals surface area contributed by atoms with E-state index in [1.165, 1.54) is 29.5 Å². The molecule has 1 N–H and O–H groups in total. The van der Waals surface area contributed by atoms with E-state index in [0.717, 1.165) is 21.8 Å². The third-order valence-corrected chi connectivity index (χ3v) is 5.50. The molecule has 23 heavy (non-hydrogen) atoms. The van der Waals surface area contributed by atoms with E-state index >= 15 is 0 Å². The van der Waals surface area contributed by atoms with Gasteiger partial charge in [-0.05, 0) is 31.0 Å². The zero-order chi connectivity index (χ0) is 17.2. The topological polar surface area (TPSA) is 79.4 Å². The van der Waals surface area contributed by atoms with E-state index in [2.05, 4.69) is 10.3 Å². The summed E-state index contributed by atoms with van der Waals surface area (Å²) in [5.41, 5.74) is 4.15. The minimum atomic E-state index is -3.38. The van der Waals surface area contributed by atoms with Gasteiger partial charge in [-0.1, -0.05) is 12.1 Å². The Kier molecular flexibility index (Phi) is 5.18. The first-order valence-electron chi connectivity index (χ1n) is 6.91. The molecule has 0 bridgehead atoms. The molecule has 0 aliphatic heterocycles. The average Bonchev–Trinajstić information content (AvgIpc) is 2.89. The fourth-order valence-corrected chi connectivity index (χ4v) is 2.93. The van der Waals surface area contributed by atoms with Crippen molar-refractivity contribution in [3.05, 3.63) is 34.7 Å². The number of aromatic nitrogens is 1. The summed E-state index contributed by atoms with van der Waals surface area (Å²) in [6.45, 7) is 3.84. The molecule has 0 atom stereocenters. The maximum Gasteiger partial charge on any atom is 0.241 e. The third kappa shape index (κ3) is 4.60. The van der Waals surface area contributed by atoms with Crippen LogP contribution in [0.15, 0.2) is 23.6 Å². The van der Waals surface area contributed by atoms with Gasteiger partial charge < -0.3 is 5.32 Å². The molecule has 2 rings (SSSR count). The second kappa shape index (κ2) is 6.77. The van der Waals surface area contributed by atoms with Crippen molar-refractivity contribution in [1.29, 1.82) is 0 Å². The molecule has 0 unspecified atom stereocenters. The highest BCUT2D eigenvalue weighted by Crippen LogP contribution is 2.26. The van der Waals surface area contributed by atoms with Gasteiger partial charge in [-0.25, -0.2) is 13.4 Å². The molecule has 124 valence electrons. The van der Waals surface area contributed by atoms with Gasteiger partial charge in [0.05, 0.1) is 18.5 Å². The lowest BCUT2D eigenvalue weighted by Gasteiger charge is -2.12. The van der Waals surface area contributed by atoms with Gasteiger partial charge in [-0.2, -0.15) is 4.31 Å². The standard InChI is InChI=1S/C15H19N3O3S2/c1-10-5-6-12(7-11(10)2)13-9-22-15(16-13)17-14(19)8-18(3)23(4,20)21/h5-7,9H,8H2,1-4H3,(H,16,17,19). The summed E-state index contributed by atoms with van der Waals surface area (Å²) in [6, 6.07) is 6.07. The number of carbonyl (C=O) groups excluding carboxylic acids is 1. The van der Waals surface area contributed by atoms with Crippen molar-refractivity contribution >= 4 is 32.4 Å². The number of hydrogen-bond donors (Lipinski definition) is 1. The van der Waals surface area contributed by atoms with Crippen molar-refractivity contribution in [2.75, 3.05) is 25.2 Å². The SMILES string of the molecule is Cc1ccc(-c2csc(NC(=O)CN(C)S(C)(=O)=O)n2)cc1C. The first-order valence-corrected chi connectivity index (χ1v) is 9.64. The summed E-state index contributed by atoms with van der Waals surface area (Å²) < 4.78 is 23.6. The van der Waals surface area contributed by atoms with Crippen LogP contribution in [0.3, 0.4) is 0 Å². The molecule has 8 heteroatoms. The Hall–Kier alpha value is -1.77. The van der Waals surface area contributed by atoms with Crippen LogP contribution in [-0.2, 0) is 14.8 Å². The Morgan fingerprint density at radius 1 is 1.30 bits per heavy atom. The average molecular weight is 353 g/mol. The van der Waals surface area contributed by atoms with Gasteiger partial charge in [0, 0.05) is 18.0 Å². The van der Waals surface area contributed by atoms with E-state index in [1.54, 1.807) is 0 Å². The molecule has 0 saturated carbocycles. The third-order valence-electron chi connectivity index (χ3n) is 3.49. The summed E-state index contributed by atoms with van der Waals surface area (Å²) in [5, 5.41) is 4.93. The van der Waals surface area contributed by atoms with E-state index in [-0.39, 0.29) is 6.54 Å². The molecule has 1 heterocycles. The normalized spacial score (nSPS) is 11.7. The van der Waals surface area contributed by atoms with E-state index < -0.39 is 15.9 Å². The molecule has 0 spiro atoms. The van der Waals surface area contributed by atoms with Gasteiger partial charge in [0.15, 0.2) is 5.13 Å². The Labute approximate surface area is 140 Å². The Balaban J connectivity index is 2.07. The van der Waals surface area contributed by atoms with Crippen LogP contribution in [0, 0.1) is 13.8 Å². The highest BCUT2D eigenvalue weighted by atomic mass is 32.2. The van der Waals surface area contributed by atoms with Gasteiger partial charge in [-0.3, -0.25) is 4.79 Å². The molecule has 1 aromatic carbocycles. The zero-order valence-corrected chi connectivity index (χ0v) is 15.1. The van der Waals surface area contributed by atoms with Crippen LogP contribution in [0.5, 0.6) is 0 Å². The monoisotopic (exact) mass is 353 g/mol. The van der Waals surface area contributed by atoms with E-state index in [4.69, 9.17) is 0 Å². The summed E-state index contributed by atoms with van der Waals surface area (Å²) in [7, 11) is -2.02. The van der Waals surface area contributed by atoms with Crippen molar-refractivity contribution in [3.63, 3.8) is 0 Å². The van der Waals surface area contributed by atoms with Gasteiger partial charge in [-0.15, -0.1) is 11.3 Å². The largest absolute Gasteiger partial charge is 0.301 e. The molecular formula is C15H19N3O3S2. The van der Waals surface area contributed by atoms with Gasteiger partial charge >= 0.3 is 0 Å². The Morgan fingerprint density at radius 2 is 2.00 bits per heavy atom. The maximum atomic E-state index is 11.9. The van der Waals surface area contributed by atoms with Crippen molar-refractivity contribution in [2.45, 2.75) is 13.8 Å². The summed E-state index contributed by atoms with van der Waals surface area (Å²) in [4.78, 5) is 16.2. The first kappa shape index (κ1) is 17.6. The van der Waals surface area contributed by atoms with Crippen molar-refractivity contribution in [1.82, 2.24) is 9.29 Å². The molecule has 0 aliphatic rings. The second-order valence-electron chi connectivity index (χ2n) is 5.40. The number of likely N-dealkylation sites (N-methyl/N-ethyl adjacent to an activating group) is 1. The molecule has 0 saturated heterocycles. The summed E-state index contributed by atoms with van der Waals surface area (Å²) in [6.07, 6.45) is 1.06. The van der Waals surface area contributed by atoms with Crippen LogP contribution >= 0.6 is 11.3 Å². The minimum absolute atomic E-state index is 0.239. The molecule has 1 aromatic heterocycles. The first-order chi connectivity index (χ1) is 10.7. The predicted octanol–water partition coefficient (Wildman–Crippen LogP) is 2.26. The summed E-state index contributed by atoms with van der Waals surface area (Å²) >= 11 is 1.31. The number of anilines is 1. The van der Waals surface area contributed by atoms with Crippen LogP contribution in [0.1, 0.15) is 11.1 Å².